The van der Waals surface area contributed by atoms with E-state index < -0.39 is 10.0 Å². The van der Waals surface area contributed by atoms with Gasteiger partial charge >= 0.3 is 0 Å². The molecule has 0 bridgehead atoms. The van der Waals surface area contributed by atoms with E-state index >= 15 is 0 Å². The first-order chi connectivity index (χ1) is 11.0. The molecule has 3 rings (SSSR count). The van der Waals surface area contributed by atoms with Gasteiger partial charge in [0.2, 0.25) is 0 Å². The van der Waals surface area contributed by atoms with E-state index in [1.54, 1.807) is 30.5 Å². The predicted octanol–water partition coefficient (Wildman–Crippen LogP) is 3.18. The van der Waals surface area contributed by atoms with E-state index in [1.807, 2.05) is 19.1 Å². The van der Waals surface area contributed by atoms with Gasteiger partial charge in [-0.1, -0.05) is 12.1 Å². The van der Waals surface area contributed by atoms with Crippen molar-refractivity contribution in [2.24, 2.45) is 0 Å². The maximum Gasteiger partial charge on any atom is 0.263 e. The molecular weight excluding hydrogens is 310 g/mol. The van der Waals surface area contributed by atoms with Crippen LogP contribution in [0.15, 0.2) is 47.5 Å². The molecule has 1 aromatic heterocycles. The van der Waals surface area contributed by atoms with Crippen LogP contribution in [0.25, 0.3) is 0 Å². The number of hydrogen-bond donors (Lipinski definition) is 1. The molecule has 2 heterocycles. The van der Waals surface area contributed by atoms with Crippen molar-refractivity contribution in [3.63, 3.8) is 0 Å². The highest BCUT2D eigenvalue weighted by molar-refractivity contribution is 7.92. The minimum atomic E-state index is -3.60. The highest BCUT2D eigenvalue weighted by Gasteiger charge is 2.16. The van der Waals surface area contributed by atoms with Crippen molar-refractivity contribution >= 4 is 21.5 Å². The number of nitrogens with one attached hydrogen (secondary N) is 1. The number of sulfonamides is 1. The minimum absolute atomic E-state index is 0.249. The lowest BCUT2D eigenvalue weighted by Gasteiger charge is -2.28. The average molecular weight is 331 g/mol. The number of aryl methyl sites for hydroxylation is 1. The van der Waals surface area contributed by atoms with Gasteiger partial charge in [0.05, 0.1) is 16.8 Å². The standard InChI is InChI=1S/C17H21N3O2S/c1-14-6-5-7-16(12-14)23(21,22)19-17-9-8-15(13-18-17)20-10-3-2-4-11-20/h5-9,12-13H,2-4,10-11H2,1H3,(H,18,19). The molecule has 2 aromatic rings. The summed E-state index contributed by atoms with van der Waals surface area (Å²) in [5.74, 6) is 0.340. The van der Waals surface area contributed by atoms with E-state index in [9.17, 15) is 8.42 Å². The monoisotopic (exact) mass is 331 g/mol. The van der Waals surface area contributed by atoms with Crippen molar-refractivity contribution in [3.8, 4) is 0 Å². The largest absolute Gasteiger partial charge is 0.370 e. The normalized spacial score (nSPS) is 15.4. The zero-order valence-corrected chi connectivity index (χ0v) is 14.0. The van der Waals surface area contributed by atoms with Crippen LogP contribution in [0.2, 0.25) is 0 Å². The first-order valence-electron chi connectivity index (χ1n) is 7.85. The van der Waals surface area contributed by atoms with E-state index in [-0.39, 0.29) is 4.90 Å². The topological polar surface area (TPSA) is 62.3 Å². The van der Waals surface area contributed by atoms with Gasteiger partial charge in [-0.25, -0.2) is 13.4 Å². The molecular formula is C17H21N3O2S. The van der Waals surface area contributed by atoms with Gasteiger partial charge in [0, 0.05) is 13.1 Å². The highest BCUT2D eigenvalue weighted by atomic mass is 32.2. The molecule has 6 heteroatoms. The molecule has 122 valence electrons. The van der Waals surface area contributed by atoms with Crippen LogP contribution in [0, 0.1) is 6.92 Å². The van der Waals surface area contributed by atoms with Crippen molar-refractivity contribution < 1.29 is 8.42 Å². The summed E-state index contributed by atoms with van der Waals surface area (Å²) in [6, 6.07) is 10.5. The second-order valence-corrected chi connectivity index (χ2v) is 7.55. The Hall–Kier alpha value is -2.08. The lowest BCUT2D eigenvalue weighted by molar-refractivity contribution is 0.577. The van der Waals surface area contributed by atoms with Gasteiger partial charge < -0.3 is 4.90 Å². The molecule has 0 radical (unpaired) electrons. The van der Waals surface area contributed by atoms with E-state index in [0.29, 0.717) is 5.82 Å². The zero-order valence-electron chi connectivity index (χ0n) is 13.2. The van der Waals surface area contributed by atoms with Gasteiger partial charge in [0.15, 0.2) is 0 Å². The molecule has 0 saturated carbocycles. The van der Waals surface area contributed by atoms with E-state index in [1.165, 1.54) is 19.3 Å². The molecule has 1 N–H and O–H groups in total. The summed E-state index contributed by atoms with van der Waals surface area (Å²) in [4.78, 5) is 6.79. The van der Waals surface area contributed by atoms with E-state index in [2.05, 4.69) is 14.6 Å². The van der Waals surface area contributed by atoms with Crippen LogP contribution in [-0.4, -0.2) is 26.5 Å². The predicted molar refractivity (Wildman–Crippen MR) is 92.3 cm³/mol. The van der Waals surface area contributed by atoms with Crippen LogP contribution < -0.4 is 9.62 Å². The Morgan fingerprint density at radius 2 is 1.87 bits per heavy atom. The van der Waals surface area contributed by atoms with E-state index in [4.69, 9.17) is 0 Å². The molecule has 1 fully saturated rings. The molecule has 5 nitrogen and oxygen atoms in total. The second-order valence-electron chi connectivity index (χ2n) is 5.87. The highest BCUT2D eigenvalue weighted by Crippen LogP contribution is 2.21. The molecule has 0 aliphatic carbocycles. The van der Waals surface area contributed by atoms with Crippen molar-refractivity contribution in [2.75, 3.05) is 22.7 Å². The third-order valence-electron chi connectivity index (χ3n) is 4.01. The van der Waals surface area contributed by atoms with Crippen molar-refractivity contribution in [1.29, 1.82) is 0 Å². The van der Waals surface area contributed by atoms with E-state index in [0.717, 1.165) is 24.3 Å². The summed E-state index contributed by atoms with van der Waals surface area (Å²) >= 11 is 0. The number of nitrogens with zero attached hydrogens (tertiary/aromatic N) is 2. The fourth-order valence-corrected chi connectivity index (χ4v) is 3.88. The maximum absolute atomic E-state index is 12.4. The molecule has 1 aliphatic rings. The summed E-state index contributed by atoms with van der Waals surface area (Å²) in [5.41, 5.74) is 1.95. The second kappa shape index (κ2) is 6.58. The van der Waals surface area contributed by atoms with Gasteiger partial charge in [-0.05, 0) is 56.0 Å². The number of benzene rings is 1. The lowest BCUT2D eigenvalue weighted by atomic mass is 10.1. The summed E-state index contributed by atoms with van der Waals surface area (Å²) < 4.78 is 27.3. The number of rotatable bonds is 4. The average Bonchev–Trinajstić information content (AvgIpc) is 2.56. The fourth-order valence-electron chi connectivity index (χ4n) is 2.76. The Morgan fingerprint density at radius 1 is 1.09 bits per heavy atom. The van der Waals surface area contributed by atoms with Crippen molar-refractivity contribution in [3.05, 3.63) is 48.2 Å². The first-order valence-corrected chi connectivity index (χ1v) is 9.33. The van der Waals surface area contributed by atoms with Gasteiger partial charge in [0.25, 0.3) is 10.0 Å². The summed E-state index contributed by atoms with van der Waals surface area (Å²) in [7, 11) is -3.60. The summed E-state index contributed by atoms with van der Waals surface area (Å²) in [6.45, 7) is 3.94. The Bertz CT molecular complexity index is 767. The minimum Gasteiger partial charge on any atom is -0.370 e. The molecule has 0 atom stereocenters. The van der Waals surface area contributed by atoms with Crippen molar-refractivity contribution in [1.82, 2.24) is 4.98 Å². The Morgan fingerprint density at radius 3 is 2.52 bits per heavy atom. The van der Waals surface area contributed by atoms with Crippen LogP contribution in [0.3, 0.4) is 0 Å². The number of pyridine rings is 1. The van der Waals surface area contributed by atoms with Crippen LogP contribution in [0.4, 0.5) is 11.5 Å². The molecule has 0 amide bonds. The van der Waals surface area contributed by atoms with Crippen LogP contribution in [-0.2, 0) is 10.0 Å². The summed E-state index contributed by atoms with van der Waals surface area (Å²) in [5, 5.41) is 0. The van der Waals surface area contributed by atoms with Crippen molar-refractivity contribution in [2.45, 2.75) is 31.1 Å². The van der Waals surface area contributed by atoms with Gasteiger partial charge in [-0.2, -0.15) is 0 Å². The molecule has 23 heavy (non-hydrogen) atoms. The Kier molecular flexibility index (Phi) is 4.52. The molecule has 1 aliphatic heterocycles. The molecule has 1 saturated heterocycles. The van der Waals surface area contributed by atoms with Gasteiger partial charge in [-0.15, -0.1) is 0 Å². The number of hydrogen-bond acceptors (Lipinski definition) is 4. The Balaban J connectivity index is 1.75. The van der Waals surface area contributed by atoms with Crippen LogP contribution in [0.1, 0.15) is 24.8 Å². The van der Waals surface area contributed by atoms with Gasteiger partial charge in [0.1, 0.15) is 5.82 Å². The SMILES string of the molecule is Cc1cccc(S(=O)(=O)Nc2ccc(N3CCCCC3)cn2)c1. The quantitative estimate of drug-likeness (QED) is 0.934. The molecule has 0 spiro atoms. The Labute approximate surface area is 137 Å². The van der Waals surface area contributed by atoms with Crippen LogP contribution in [0.5, 0.6) is 0 Å². The first kappa shape index (κ1) is 15.8. The summed E-state index contributed by atoms with van der Waals surface area (Å²) in [6.07, 6.45) is 5.40. The number of aromatic nitrogens is 1. The third-order valence-corrected chi connectivity index (χ3v) is 5.36. The maximum atomic E-state index is 12.4. The van der Waals surface area contributed by atoms with Gasteiger partial charge in [-0.3, -0.25) is 4.72 Å². The smallest absolute Gasteiger partial charge is 0.263 e. The third kappa shape index (κ3) is 3.82. The number of piperidine rings is 1. The molecule has 1 aromatic carbocycles. The van der Waals surface area contributed by atoms with Crippen LogP contribution >= 0.6 is 0 Å². The molecule has 0 unspecified atom stereocenters. The fraction of sp³-hybridized carbons (Fsp3) is 0.353. The number of anilines is 2. The zero-order chi connectivity index (χ0) is 16.3. The lowest BCUT2D eigenvalue weighted by Crippen LogP contribution is -2.29.